The van der Waals surface area contributed by atoms with Crippen molar-refractivity contribution in [1.29, 1.82) is 0 Å². The van der Waals surface area contributed by atoms with E-state index in [0.29, 0.717) is 16.8 Å². The fraction of sp³-hybridized carbons (Fsp3) is 0.0500. The van der Waals surface area contributed by atoms with Crippen molar-refractivity contribution in [2.75, 3.05) is 0 Å². The highest BCUT2D eigenvalue weighted by Crippen LogP contribution is 2.33. The van der Waals surface area contributed by atoms with Gasteiger partial charge in [0.25, 0.3) is 0 Å². The minimum atomic E-state index is -4.56. The minimum absolute atomic E-state index is 0.214. The predicted molar refractivity (Wildman–Crippen MR) is 95.0 cm³/mol. The van der Waals surface area contributed by atoms with Gasteiger partial charge in [-0.1, -0.05) is 0 Å². The molecule has 28 heavy (non-hydrogen) atoms. The average molecular weight is 384 g/mol. The second kappa shape index (κ2) is 6.88. The summed E-state index contributed by atoms with van der Waals surface area (Å²) < 4.78 is 53.7. The molecule has 8 heteroatoms. The molecule has 3 aromatic heterocycles. The molecule has 0 amide bonds. The lowest BCUT2D eigenvalue weighted by Crippen LogP contribution is -2.09. The number of benzene rings is 1. The average Bonchev–Trinajstić information content (AvgIpc) is 3.14. The Balaban J connectivity index is 1.88. The molecule has 0 aliphatic heterocycles. The van der Waals surface area contributed by atoms with Crippen molar-refractivity contribution < 1.29 is 17.6 Å². The molecule has 4 aromatic rings. The zero-order valence-corrected chi connectivity index (χ0v) is 14.2. The molecule has 0 saturated heterocycles. The highest BCUT2D eigenvalue weighted by molar-refractivity contribution is 5.80. The maximum absolute atomic E-state index is 13.3. The van der Waals surface area contributed by atoms with Crippen LogP contribution in [0.15, 0.2) is 73.3 Å². The monoisotopic (exact) mass is 384 g/mol. The highest BCUT2D eigenvalue weighted by atomic mass is 19.4. The molecule has 140 valence electrons. The number of aromatic nitrogens is 4. The highest BCUT2D eigenvalue weighted by Gasteiger charge is 2.32. The summed E-state index contributed by atoms with van der Waals surface area (Å²) in [5.41, 5.74) is 1.82. The molecule has 4 nitrogen and oxygen atoms in total. The normalized spacial score (nSPS) is 11.6. The molecule has 0 bridgehead atoms. The Labute approximate surface area is 157 Å². The van der Waals surface area contributed by atoms with Crippen molar-refractivity contribution in [3.05, 3.63) is 84.8 Å². The SMILES string of the molecule is Fc1ccc(-c2nn(-c3ccnc(C(F)(F)F)c3)cc2-c2ccncc2)cc1. The molecule has 4 rings (SSSR count). The van der Waals surface area contributed by atoms with Crippen LogP contribution in [0.4, 0.5) is 17.6 Å². The van der Waals surface area contributed by atoms with Crippen LogP contribution in [-0.2, 0) is 6.18 Å². The van der Waals surface area contributed by atoms with Gasteiger partial charge in [-0.15, -0.1) is 0 Å². The van der Waals surface area contributed by atoms with Crippen molar-refractivity contribution in [3.63, 3.8) is 0 Å². The molecule has 0 spiro atoms. The van der Waals surface area contributed by atoms with Crippen molar-refractivity contribution in [3.8, 4) is 28.1 Å². The van der Waals surface area contributed by atoms with E-state index in [4.69, 9.17) is 0 Å². The van der Waals surface area contributed by atoms with Gasteiger partial charge in [0.2, 0.25) is 0 Å². The number of rotatable bonds is 3. The van der Waals surface area contributed by atoms with Gasteiger partial charge in [0, 0.05) is 35.9 Å². The van der Waals surface area contributed by atoms with E-state index in [1.165, 1.54) is 22.9 Å². The van der Waals surface area contributed by atoms with Crippen molar-refractivity contribution in [2.24, 2.45) is 0 Å². The Bertz CT molecular complexity index is 1100. The van der Waals surface area contributed by atoms with Crippen LogP contribution in [0.2, 0.25) is 0 Å². The van der Waals surface area contributed by atoms with Gasteiger partial charge in [-0.05, 0) is 54.1 Å². The smallest absolute Gasteiger partial charge is 0.265 e. The van der Waals surface area contributed by atoms with Gasteiger partial charge in [0.05, 0.1) is 5.69 Å². The first kappa shape index (κ1) is 17.8. The molecular weight excluding hydrogens is 372 g/mol. The lowest BCUT2D eigenvalue weighted by atomic mass is 10.0. The minimum Gasteiger partial charge on any atom is -0.265 e. The first-order valence-corrected chi connectivity index (χ1v) is 8.21. The summed E-state index contributed by atoms with van der Waals surface area (Å²) in [6.07, 6.45) is 1.37. The third kappa shape index (κ3) is 3.48. The Hall–Kier alpha value is -3.55. The van der Waals surface area contributed by atoms with E-state index in [0.717, 1.165) is 17.8 Å². The number of hydrogen-bond donors (Lipinski definition) is 0. The maximum atomic E-state index is 13.3. The Morgan fingerprint density at radius 3 is 2.21 bits per heavy atom. The Morgan fingerprint density at radius 1 is 0.821 bits per heavy atom. The van der Waals surface area contributed by atoms with Crippen LogP contribution in [0.5, 0.6) is 0 Å². The second-order valence-electron chi connectivity index (χ2n) is 5.98. The lowest BCUT2D eigenvalue weighted by molar-refractivity contribution is -0.141. The Kier molecular flexibility index (Phi) is 4.38. The van der Waals surface area contributed by atoms with E-state index in [1.807, 2.05) is 0 Å². The second-order valence-corrected chi connectivity index (χ2v) is 5.98. The van der Waals surface area contributed by atoms with E-state index in [-0.39, 0.29) is 5.69 Å². The molecule has 0 radical (unpaired) electrons. The third-order valence-corrected chi connectivity index (χ3v) is 4.12. The lowest BCUT2D eigenvalue weighted by Gasteiger charge is -2.07. The van der Waals surface area contributed by atoms with E-state index >= 15 is 0 Å². The molecule has 0 atom stereocenters. The van der Waals surface area contributed by atoms with E-state index < -0.39 is 17.7 Å². The number of halogens is 4. The summed E-state index contributed by atoms with van der Waals surface area (Å²) in [4.78, 5) is 7.35. The van der Waals surface area contributed by atoms with Crippen LogP contribution in [-0.4, -0.2) is 19.7 Å². The largest absolute Gasteiger partial charge is 0.433 e. The molecule has 0 fully saturated rings. The van der Waals surface area contributed by atoms with Crippen molar-refractivity contribution in [1.82, 2.24) is 19.7 Å². The quantitative estimate of drug-likeness (QED) is 0.459. The summed E-state index contributed by atoms with van der Waals surface area (Å²) in [5.74, 6) is -0.391. The molecule has 0 unspecified atom stereocenters. The molecular formula is C20H12F4N4. The molecule has 0 saturated carbocycles. The van der Waals surface area contributed by atoms with Crippen LogP contribution in [0.3, 0.4) is 0 Å². The standard InChI is InChI=1S/C20H12F4N4/c21-15-3-1-14(2-4-15)19-17(13-5-8-25-9-6-13)12-28(27-19)16-7-10-26-18(11-16)20(22,23)24/h1-12H. The zero-order chi connectivity index (χ0) is 19.7. The Morgan fingerprint density at radius 2 is 1.54 bits per heavy atom. The maximum Gasteiger partial charge on any atom is 0.433 e. The molecule has 0 aliphatic rings. The van der Waals surface area contributed by atoms with Crippen LogP contribution in [0, 0.1) is 5.82 Å². The van der Waals surface area contributed by atoms with Gasteiger partial charge in [0.15, 0.2) is 0 Å². The van der Waals surface area contributed by atoms with Gasteiger partial charge in [-0.3, -0.25) is 9.97 Å². The number of hydrogen-bond acceptors (Lipinski definition) is 3. The first-order chi connectivity index (χ1) is 13.4. The molecule has 0 aliphatic carbocycles. The summed E-state index contributed by atoms with van der Waals surface area (Å²) in [5, 5.41) is 4.46. The van der Waals surface area contributed by atoms with Crippen LogP contribution < -0.4 is 0 Å². The van der Waals surface area contributed by atoms with E-state index in [9.17, 15) is 17.6 Å². The van der Waals surface area contributed by atoms with Crippen molar-refractivity contribution >= 4 is 0 Å². The number of alkyl halides is 3. The third-order valence-electron chi connectivity index (χ3n) is 4.12. The van der Waals surface area contributed by atoms with Crippen LogP contribution in [0.25, 0.3) is 28.1 Å². The van der Waals surface area contributed by atoms with E-state index in [1.54, 1.807) is 42.9 Å². The van der Waals surface area contributed by atoms with Crippen molar-refractivity contribution in [2.45, 2.75) is 6.18 Å². The van der Waals surface area contributed by atoms with Gasteiger partial charge in [-0.2, -0.15) is 18.3 Å². The number of nitrogens with zero attached hydrogens (tertiary/aromatic N) is 4. The summed E-state index contributed by atoms with van der Waals surface area (Å²) in [7, 11) is 0. The van der Waals surface area contributed by atoms with Crippen LogP contribution in [0.1, 0.15) is 5.69 Å². The first-order valence-electron chi connectivity index (χ1n) is 8.21. The predicted octanol–water partition coefficient (Wildman–Crippen LogP) is 5.15. The fourth-order valence-corrected chi connectivity index (χ4v) is 2.79. The summed E-state index contributed by atoms with van der Waals surface area (Å²) in [6.45, 7) is 0. The molecule has 3 heterocycles. The van der Waals surface area contributed by atoms with Gasteiger partial charge in [-0.25, -0.2) is 9.07 Å². The van der Waals surface area contributed by atoms with Gasteiger partial charge in [0.1, 0.15) is 17.2 Å². The van der Waals surface area contributed by atoms with Gasteiger partial charge < -0.3 is 0 Å². The molecule has 1 aromatic carbocycles. The fourth-order valence-electron chi connectivity index (χ4n) is 2.79. The summed E-state index contributed by atoms with van der Waals surface area (Å²) >= 11 is 0. The number of pyridine rings is 2. The topological polar surface area (TPSA) is 43.6 Å². The van der Waals surface area contributed by atoms with E-state index in [2.05, 4.69) is 15.1 Å². The van der Waals surface area contributed by atoms with Gasteiger partial charge >= 0.3 is 6.18 Å². The zero-order valence-electron chi connectivity index (χ0n) is 14.2. The van der Waals surface area contributed by atoms with Crippen LogP contribution >= 0.6 is 0 Å². The molecule has 0 N–H and O–H groups in total. The summed E-state index contributed by atoms with van der Waals surface area (Å²) in [6, 6.07) is 11.6.